The number of rotatable bonds is 4. The average Bonchev–Trinajstić information content (AvgIpc) is 2.96. The van der Waals surface area contributed by atoms with E-state index in [1.54, 1.807) is 0 Å². The fraction of sp³-hybridized carbons (Fsp3) is 0.632. The molecule has 1 amide bonds. The Morgan fingerprint density at radius 3 is 2.31 bits per heavy atom. The minimum Gasteiger partial charge on any atom is -0.331 e. The summed E-state index contributed by atoms with van der Waals surface area (Å²) in [6.45, 7) is 7.20. The predicted molar refractivity (Wildman–Crippen MR) is 103 cm³/mol. The predicted octanol–water partition coefficient (Wildman–Crippen LogP) is 0.994. The molecule has 0 aliphatic carbocycles. The third-order valence-corrected chi connectivity index (χ3v) is 7.71. The van der Waals surface area contributed by atoms with Crippen molar-refractivity contribution in [2.24, 2.45) is 5.92 Å². The normalized spacial score (nSPS) is 24.8. The van der Waals surface area contributed by atoms with E-state index < -0.39 is 9.84 Å². The third-order valence-electron chi connectivity index (χ3n) is 5.69. The van der Waals surface area contributed by atoms with Crippen molar-refractivity contribution in [2.75, 3.05) is 37.7 Å². The van der Waals surface area contributed by atoms with E-state index in [1.165, 1.54) is 4.90 Å². The summed E-state index contributed by atoms with van der Waals surface area (Å²) in [6.07, 6.45) is 0.755. The topological polar surface area (TPSA) is 58.9 Å². The van der Waals surface area contributed by atoms with E-state index in [4.69, 9.17) is 11.6 Å². The molecule has 1 N–H and O–H groups in total. The van der Waals surface area contributed by atoms with Crippen LogP contribution in [-0.4, -0.2) is 63.0 Å². The van der Waals surface area contributed by atoms with Crippen LogP contribution in [0.5, 0.6) is 0 Å². The van der Waals surface area contributed by atoms with Gasteiger partial charge in [-0.2, -0.15) is 0 Å². The van der Waals surface area contributed by atoms with Crippen LogP contribution in [0.2, 0.25) is 5.02 Å². The molecule has 0 aromatic heterocycles. The first-order valence-corrected chi connectivity index (χ1v) is 11.6. The summed E-state index contributed by atoms with van der Waals surface area (Å²) in [6, 6.07) is 7.75. The van der Waals surface area contributed by atoms with Gasteiger partial charge in [-0.05, 0) is 23.6 Å². The molecule has 2 aliphatic rings. The molecule has 0 saturated carbocycles. The zero-order valence-corrected chi connectivity index (χ0v) is 17.0. The fourth-order valence-electron chi connectivity index (χ4n) is 4.22. The molecule has 1 aromatic carbocycles. The Bertz CT molecular complexity index is 741. The zero-order chi connectivity index (χ0) is 18.9. The van der Waals surface area contributed by atoms with E-state index in [9.17, 15) is 13.2 Å². The van der Waals surface area contributed by atoms with Crippen LogP contribution in [0.25, 0.3) is 0 Å². The van der Waals surface area contributed by atoms with E-state index in [2.05, 4.69) is 13.8 Å². The van der Waals surface area contributed by atoms with Gasteiger partial charge in [0.1, 0.15) is 11.8 Å². The van der Waals surface area contributed by atoms with Gasteiger partial charge in [0.25, 0.3) is 0 Å². The van der Waals surface area contributed by atoms with Gasteiger partial charge in [-0.3, -0.25) is 4.79 Å². The molecule has 2 saturated heterocycles. The summed E-state index contributed by atoms with van der Waals surface area (Å²) < 4.78 is 23.4. The van der Waals surface area contributed by atoms with Crippen LogP contribution >= 0.6 is 11.6 Å². The van der Waals surface area contributed by atoms with Crippen molar-refractivity contribution in [1.82, 2.24) is 4.90 Å². The third kappa shape index (κ3) is 4.41. The number of hydrogen-bond donors (Lipinski definition) is 1. The highest BCUT2D eigenvalue weighted by molar-refractivity contribution is 7.91. The molecule has 26 heavy (non-hydrogen) atoms. The summed E-state index contributed by atoms with van der Waals surface area (Å²) in [5.41, 5.74) is 1.01. The van der Waals surface area contributed by atoms with E-state index in [0.717, 1.165) is 25.1 Å². The summed E-state index contributed by atoms with van der Waals surface area (Å²) in [4.78, 5) is 16.4. The lowest BCUT2D eigenvalue weighted by atomic mass is 9.87. The Hall–Kier alpha value is -1.11. The number of benzene rings is 1. The van der Waals surface area contributed by atoms with E-state index >= 15 is 0 Å². The number of halogens is 1. The highest BCUT2D eigenvalue weighted by atomic mass is 35.5. The van der Waals surface area contributed by atoms with Gasteiger partial charge in [-0.1, -0.05) is 37.6 Å². The summed E-state index contributed by atoms with van der Waals surface area (Å²) in [5.74, 6) is 0.820. The first-order valence-electron chi connectivity index (χ1n) is 9.36. The van der Waals surface area contributed by atoms with Crippen LogP contribution in [0.4, 0.5) is 0 Å². The van der Waals surface area contributed by atoms with Crippen LogP contribution in [0, 0.1) is 5.92 Å². The smallest absolute Gasteiger partial charge is 0.230 e. The minimum absolute atomic E-state index is 0.166. The van der Waals surface area contributed by atoms with Crippen LogP contribution in [0.3, 0.4) is 0 Å². The van der Waals surface area contributed by atoms with E-state index in [-0.39, 0.29) is 23.8 Å². The van der Waals surface area contributed by atoms with E-state index in [1.807, 2.05) is 29.2 Å². The molecule has 1 aromatic rings. The Morgan fingerprint density at radius 1 is 1.19 bits per heavy atom. The molecule has 0 bridgehead atoms. The molecule has 144 valence electrons. The minimum atomic E-state index is -2.85. The van der Waals surface area contributed by atoms with Crippen molar-refractivity contribution in [2.45, 2.75) is 32.2 Å². The molecule has 7 heteroatoms. The van der Waals surface area contributed by atoms with Crippen molar-refractivity contribution in [3.63, 3.8) is 0 Å². The number of carbonyl (C=O) groups is 1. The molecule has 2 aliphatic heterocycles. The van der Waals surface area contributed by atoms with Crippen molar-refractivity contribution < 1.29 is 18.1 Å². The van der Waals surface area contributed by atoms with Crippen molar-refractivity contribution in [1.29, 1.82) is 0 Å². The highest BCUT2D eigenvalue weighted by Gasteiger charge is 2.38. The van der Waals surface area contributed by atoms with Crippen molar-refractivity contribution in [3.05, 3.63) is 34.9 Å². The number of amides is 1. The standard InChI is InChI=1S/C19H27ClN2O3S/c1-14(2)18(15-3-5-16(20)6-4-15)19(23)22-10-8-21(9-11-22)17-7-12-26(24,25)13-17/h3-6,14,17-18H,7-13H2,1-2H3/p+1/t17-,18+/m0/s1. The second-order valence-electron chi connectivity index (χ2n) is 7.86. The summed E-state index contributed by atoms with van der Waals surface area (Å²) in [7, 11) is -2.85. The molecule has 0 unspecified atom stereocenters. The van der Waals surface area contributed by atoms with Crippen molar-refractivity contribution >= 4 is 27.3 Å². The second-order valence-corrected chi connectivity index (χ2v) is 10.5. The number of piperazine rings is 1. The second kappa shape index (κ2) is 7.87. The number of nitrogens with zero attached hydrogens (tertiary/aromatic N) is 1. The summed E-state index contributed by atoms with van der Waals surface area (Å²) in [5, 5.41) is 0.674. The Morgan fingerprint density at radius 2 is 1.81 bits per heavy atom. The summed E-state index contributed by atoms with van der Waals surface area (Å²) >= 11 is 5.98. The maximum absolute atomic E-state index is 13.1. The highest BCUT2D eigenvalue weighted by Crippen LogP contribution is 2.28. The molecule has 2 atom stereocenters. The van der Waals surface area contributed by atoms with Gasteiger partial charge in [-0.25, -0.2) is 8.42 Å². The van der Waals surface area contributed by atoms with Crippen molar-refractivity contribution in [3.8, 4) is 0 Å². The quantitative estimate of drug-likeness (QED) is 0.821. The molecule has 0 spiro atoms. The number of carbonyl (C=O) groups excluding carboxylic acids is 1. The molecule has 3 rings (SSSR count). The molecule has 2 heterocycles. The lowest BCUT2D eigenvalue weighted by molar-refractivity contribution is -0.925. The van der Waals surface area contributed by atoms with Gasteiger partial charge >= 0.3 is 0 Å². The monoisotopic (exact) mass is 399 g/mol. The largest absolute Gasteiger partial charge is 0.331 e. The average molecular weight is 400 g/mol. The van der Waals surface area contributed by atoms with Crippen LogP contribution in [0.1, 0.15) is 31.7 Å². The first-order chi connectivity index (χ1) is 12.3. The van der Waals surface area contributed by atoms with Crippen LogP contribution in [-0.2, 0) is 14.6 Å². The maximum Gasteiger partial charge on any atom is 0.230 e. The Balaban J connectivity index is 1.64. The first kappa shape index (κ1) is 19.6. The number of sulfone groups is 1. The van der Waals surface area contributed by atoms with Gasteiger partial charge in [0, 0.05) is 11.4 Å². The zero-order valence-electron chi connectivity index (χ0n) is 15.4. The molecular formula is C19H28ClN2O3S+. The fourth-order valence-corrected chi connectivity index (χ4v) is 6.17. The maximum atomic E-state index is 13.1. The van der Waals surface area contributed by atoms with Gasteiger partial charge in [-0.15, -0.1) is 0 Å². The Kier molecular flexibility index (Phi) is 5.94. The lowest BCUT2D eigenvalue weighted by Crippen LogP contribution is -3.18. The molecule has 0 radical (unpaired) electrons. The van der Waals surface area contributed by atoms with Crippen LogP contribution < -0.4 is 4.90 Å². The molecular weight excluding hydrogens is 372 g/mol. The number of nitrogens with one attached hydrogen (secondary N) is 1. The number of hydrogen-bond acceptors (Lipinski definition) is 3. The van der Waals surface area contributed by atoms with Gasteiger partial charge in [0.2, 0.25) is 5.91 Å². The molecule has 5 nitrogen and oxygen atoms in total. The van der Waals surface area contributed by atoms with Crippen LogP contribution in [0.15, 0.2) is 24.3 Å². The van der Waals surface area contributed by atoms with Gasteiger partial charge in [0.15, 0.2) is 9.84 Å². The van der Waals surface area contributed by atoms with Gasteiger partial charge in [0.05, 0.1) is 37.8 Å². The Labute approximate surface area is 161 Å². The van der Waals surface area contributed by atoms with Gasteiger partial charge < -0.3 is 9.80 Å². The SMILES string of the molecule is CC(C)[C@@H](C(=O)N1CC[NH+]([C@H]2CCS(=O)(=O)C2)CC1)c1ccc(Cl)cc1. The lowest BCUT2D eigenvalue weighted by Gasteiger charge is -2.37. The number of quaternary nitrogens is 1. The van der Waals surface area contributed by atoms with E-state index in [0.29, 0.717) is 29.6 Å². The molecule has 2 fully saturated rings.